The number of nitrogens with one attached hydrogen (secondary N) is 1. The zero-order chi connectivity index (χ0) is 13.7. The number of hydrogen-bond acceptors (Lipinski definition) is 4. The number of pyridine rings is 1. The van der Waals surface area contributed by atoms with Gasteiger partial charge >= 0.3 is 0 Å². The summed E-state index contributed by atoms with van der Waals surface area (Å²) in [6.45, 7) is 2.88. The van der Waals surface area contributed by atoms with Crippen LogP contribution in [0.2, 0.25) is 0 Å². The van der Waals surface area contributed by atoms with Crippen molar-refractivity contribution >= 4 is 41.4 Å². The van der Waals surface area contributed by atoms with E-state index in [0.29, 0.717) is 6.04 Å². The fraction of sp³-hybridized carbons (Fsp3) is 0.400. The summed E-state index contributed by atoms with van der Waals surface area (Å²) in [5.41, 5.74) is 7.53. The van der Waals surface area contributed by atoms with Gasteiger partial charge in [-0.15, -0.1) is 24.8 Å². The molecule has 6 heteroatoms. The summed E-state index contributed by atoms with van der Waals surface area (Å²) in [4.78, 5) is 4.45. The fourth-order valence-electron chi connectivity index (χ4n) is 2.15. The van der Waals surface area contributed by atoms with E-state index < -0.39 is 0 Å². The molecule has 1 atom stereocenters. The van der Waals surface area contributed by atoms with E-state index in [2.05, 4.69) is 17.2 Å². The van der Waals surface area contributed by atoms with Gasteiger partial charge < -0.3 is 15.8 Å². The first-order valence-corrected chi connectivity index (χ1v) is 6.64. The highest BCUT2D eigenvalue weighted by Crippen LogP contribution is 2.28. The first kappa shape index (κ1) is 19.8. The molecular formula is C15H23Cl2N3O. The van der Waals surface area contributed by atoms with Crippen LogP contribution in [-0.2, 0) is 0 Å². The van der Waals surface area contributed by atoms with Crippen molar-refractivity contribution in [2.45, 2.75) is 25.8 Å². The lowest BCUT2D eigenvalue weighted by molar-refractivity contribution is 0.415. The summed E-state index contributed by atoms with van der Waals surface area (Å²) in [6.07, 6.45) is 3.87. The number of benzene rings is 1. The molecule has 1 unspecified atom stereocenters. The number of halogens is 2. The molecule has 0 aliphatic rings. The molecule has 4 nitrogen and oxygen atoms in total. The zero-order valence-electron chi connectivity index (χ0n) is 12.3. The molecule has 0 fully saturated rings. The van der Waals surface area contributed by atoms with Crippen LogP contribution >= 0.6 is 24.8 Å². The van der Waals surface area contributed by atoms with E-state index in [1.54, 1.807) is 7.11 Å². The third-order valence-corrected chi connectivity index (χ3v) is 3.16. The molecule has 0 saturated carbocycles. The van der Waals surface area contributed by atoms with Crippen LogP contribution in [0.3, 0.4) is 0 Å². The largest absolute Gasteiger partial charge is 0.497 e. The molecule has 0 aliphatic carbocycles. The molecule has 0 bridgehead atoms. The van der Waals surface area contributed by atoms with Crippen molar-refractivity contribution < 1.29 is 4.74 Å². The van der Waals surface area contributed by atoms with Gasteiger partial charge in [0.05, 0.1) is 18.3 Å². The van der Waals surface area contributed by atoms with Crippen molar-refractivity contribution in [3.63, 3.8) is 0 Å². The second-order valence-corrected chi connectivity index (χ2v) is 4.73. The van der Waals surface area contributed by atoms with E-state index in [0.717, 1.165) is 41.7 Å². The van der Waals surface area contributed by atoms with Crippen LogP contribution in [0, 0.1) is 0 Å². The Morgan fingerprint density at radius 2 is 2.10 bits per heavy atom. The Morgan fingerprint density at radius 3 is 2.76 bits per heavy atom. The normalized spacial score (nSPS) is 11.2. The second kappa shape index (κ2) is 9.66. The second-order valence-electron chi connectivity index (χ2n) is 4.73. The van der Waals surface area contributed by atoms with E-state index in [1.165, 1.54) is 0 Å². The van der Waals surface area contributed by atoms with Crippen LogP contribution in [0.4, 0.5) is 5.69 Å². The van der Waals surface area contributed by atoms with Gasteiger partial charge in [0, 0.05) is 23.7 Å². The molecule has 2 rings (SSSR count). The van der Waals surface area contributed by atoms with Crippen molar-refractivity contribution in [1.82, 2.24) is 4.98 Å². The van der Waals surface area contributed by atoms with Gasteiger partial charge in [0.2, 0.25) is 0 Å². The standard InChI is InChI=1S/C15H21N3O.2ClH/c1-11(5-3-7-16)18-14-10-13(19-2)9-12-6-4-8-17-15(12)14;;/h4,6,8-11,18H,3,5,7,16H2,1-2H3;2*1H. The molecule has 0 amide bonds. The Balaban J connectivity index is 0.00000200. The highest BCUT2D eigenvalue weighted by molar-refractivity contribution is 5.91. The van der Waals surface area contributed by atoms with Gasteiger partial charge in [-0.05, 0) is 38.4 Å². The molecule has 0 spiro atoms. The van der Waals surface area contributed by atoms with Crippen molar-refractivity contribution in [1.29, 1.82) is 0 Å². The summed E-state index contributed by atoms with van der Waals surface area (Å²) in [6, 6.07) is 8.33. The van der Waals surface area contributed by atoms with E-state index in [1.807, 2.05) is 30.5 Å². The highest BCUT2D eigenvalue weighted by Gasteiger charge is 2.08. The Bertz CT molecular complexity index is 551. The van der Waals surface area contributed by atoms with Crippen molar-refractivity contribution in [3.8, 4) is 5.75 Å². The fourth-order valence-corrected chi connectivity index (χ4v) is 2.15. The Morgan fingerprint density at radius 1 is 1.33 bits per heavy atom. The maximum Gasteiger partial charge on any atom is 0.121 e. The quantitative estimate of drug-likeness (QED) is 0.848. The van der Waals surface area contributed by atoms with Crippen molar-refractivity contribution in [2.75, 3.05) is 19.0 Å². The summed E-state index contributed by atoms with van der Waals surface area (Å²) in [5, 5.41) is 4.58. The van der Waals surface area contributed by atoms with Gasteiger partial charge in [0.25, 0.3) is 0 Å². The number of fused-ring (bicyclic) bond motifs is 1. The lowest BCUT2D eigenvalue weighted by Gasteiger charge is -2.17. The third-order valence-electron chi connectivity index (χ3n) is 3.16. The molecule has 3 N–H and O–H groups in total. The number of aromatic nitrogens is 1. The number of nitrogens with two attached hydrogens (primary N) is 1. The molecule has 118 valence electrons. The number of nitrogens with zero attached hydrogens (tertiary/aromatic N) is 1. The van der Waals surface area contributed by atoms with Gasteiger partial charge in [0.1, 0.15) is 5.75 Å². The van der Waals surface area contributed by atoms with E-state index in [4.69, 9.17) is 10.5 Å². The van der Waals surface area contributed by atoms with Crippen LogP contribution in [0.5, 0.6) is 5.75 Å². The molecule has 0 radical (unpaired) electrons. The smallest absolute Gasteiger partial charge is 0.121 e. The summed E-state index contributed by atoms with van der Waals surface area (Å²) in [5.74, 6) is 0.842. The summed E-state index contributed by atoms with van der Waals surface area (Å²) in [7, 11) is 1.68. The molecule has 2 aromatic rings. The molecule has 0 saturated heterocycles. The maximum absolute atomic E-state index is 5.55. The Labute approximate surface area is 138 Å². The van der Waals surface area contributed by atoms with E-state index in [9.17, 15) is 0 Å². The lowest BCUT2D eigenvalue weighted by atomic mass is 10.1. The van der Waals surface area contributed by atoms with E-state index >= 15 is 0 Å². The lowest BCUT2D eigenvalue weighted by Crippen LogP contribution is -2.17. The topological polar surface area (TPSA) is 60.2 Å². The van der Waals surface area contributed by atoms with Crippen LogP contribution in [0.15, 0.2) is 30.5 Å². The molecule has 0 aliphatic heterocycles. The number of methoxy groups -OCH3 is 1. The van der Waals surface area contributed by atoms with Crippen molar-refractivity contribution in [3.05, 3.63) is 30.5 Å². The van der Waals surface area contributed by atoms with Gasteiger partial charge in [-0.2, -0.15) is 0 Å². The number of ether oxygens (including phenoxy) is 1. The van der Waals surface area contributed by atoms with Gasteiger partial charge in [-0.3, -0.25) is 4.98 Å². The summed E-state index contributed by atoms with van der Waals surface area (Å²) >= 11 is 0. The van der Waals surface area contributed by atoms with Gasteiger partial charge in [-0.25, -0.2) is 0 Å². The highest BCUT2D eigenvalue weighted by atomic mass is 35.5. The molecule has 1 heterocycles. The minimum Gasteiger partial charge on any atom is -0.497 e. The van der Waals surface area contributed by atoms with Crippen LogP contribution in [-0.4, -0.2) is 24.7 Å². The third kappa shape index (κ3) is 5.23. The maximum atomic E-state index is 5.55. The number of anilines is 1. The first-order chi connectivity index (χ1) is 9.24. The monoisotopic (exact) mass is 331 g/mol. The molecular weight excluding hydrogens is 309 g/mol. The Kier molecular flexibility index (Phi) is 9.09. The van der Waals surface area contributed by atoms with Crippen molar-refractivity contribution in [2.24, 2.45) is 5.73 Å². The van der Waals surface area contributed by atoms with Crippen LogP contribution < -0.4 is 15.8 Å². The van der Waals surface area contributed by atoms with Gasteiger partial charge in [0.15, 0.2) is 0 Å². The van der Waals surface area contributed by atoms with Crippen LogP contribution in [0.1, 0.15) is 19.8 Å². The molecule has 21 heavy (non-hydrogen) atoms. The zero-order valence-corrected chi connectivity index (χ0v) is 14.0. The SMILES string of the molecule is COc1cc(NC(C)CCCN)c2ncccc2c1.Cl.Cl. The minimum atomic E-state index is 0. The van der Waals surface area contributed by atoms with Crippen LogP contribution in [0.25, 0.3) is 10.9 Å². The minimum absolute atomic E-state index is 0. The van der Waals surface area contributed by atoms with E-state index in [-0.39, 0.29) is 24.8 Å². The first-order valence-electron chi connectivity index (χ1n) is 6.64. The molecule has 1 aromatic carbocycles. The molecule has 1 aromatic heterocycles. The predicted molar refractivity (Wildman–Crippen MR) is 94.2 cm³/mol. The average Bonchev–Trinajstić information content (AvgIpc) is 2.44. The summed E-state index contributed by atoms with van der Waals surface area (Å²) < 4.78 is 5.34. The number of hydrogen-bond donors (Lipinski definition) is 2. The predicted octanol–water partition coefficient (Wildman–Crippen LogP) is 3.63. The van der Waals surface area contributed by atoms with Gasteiger partial charge in [-0.1, -0.05) is 6.07 Å². The number of rotatable bonds is 6. The average molecular weight is 332 g/mol. The Hall–Kier alpha value is -1.23.